The summed E-state index contributed by atoms with van der Waals surface area (Å²) < 4.78 is 23.5. The summed E-state index contributed by atoms with van der Waals surface area (Å²) in [6.07, 6.45) is 0. The lowest BCUT2D eigenvalue weighted by Gasteiger charge is -1.98. The minimum Gasteiger partial charge on any atom is -0.364 e. The molecule has 1 aromatic carbocycles. The van der Waals surface area contributed by atoms with Gasteiger partial charge in [-0.15, -0.1) is 10.2 Å². The van der Waals surface area contributed by atoms with Crippen molar-refractivity contribution in [1.82, 2.24) is 20.3 Å². The van der Waals surface area contributed by atoms with Crippen molar-refractivity contribution in [2.75, 3.05) is 0 Å². The van der Waals surface area contributed by atoms with Crippen molar-refractivity contribution in [1.29, 1.82) is 0 Å². The zero-order valence-electron chi connectivity index (χ0n) is 11.4. The molecule has 0 aliphatic rings. The Balaban J connectivity index is 1.63. The molecule has 0 atom stereocenters. The van der Waals surface area contributed by atoms with E-state index in [1.54, 1.807) is 0 Å². The van der Waals surface area contributed by atoms with E-state index in [4.69, 9.17) is 20.9 Å². The van der Waals surface area contributed by atoms with Gasteiger partial charge in [-0.05, 0) is 25.1 Å². The molecule has 0 aliphatic carbocycles. The minimum absolute atomic E-state index is 0.143. The van der Waals surface area contributed by atoms with E-state index in [2.05, 4.69) is 20.3 Å². The molecule has 0 saturated heterocycles. The zero-order chi connectivity index (χ0) is 15.5. The predicted molar refractivity (Wildman–Crippen MR) is 77.8 cm³/mol. The standard InChI is InChI=1S/C13H10ClFN4O2S/c1-7-17-18-12(22-7)6-20-5-11-16-13(19-21-11)9-3-2-8(15)4-10(9)14/h2-4H,5-6H2,1H3. The smallest absolute Gasteiger partial charge is 0.252 e. The fourth-order valence-corrected chi connectivity index (χ4v) is 2.61. The Kier molecular flexibility index (Phi) is 4.41. The predicted octanol–water partition coefficient (Wildman–Crippen LogP) is 3.41. The summed E-state index contributed by atoms with van der Waals surface area (Å²) in [6, 6.07) is 3.98. The van der Waals surface area contributed by atoms with Crippen LogP contribution in [-0.2, 0) is 18.0 Å². The topological polar surface area (TPSA) is 73.9 Å². The van der Waals surface area contributed by atoms with Crippen molar-refractivity contribution in [2.45, 2.75) is 20.1 Å². The normalized spacial score (nSPS) is 11.0. The third-order valence-corrected chi connectivity index (χ3v) is 3.78. The molecule has 0 spiro atoms. The highest BCUT2D eigenvalue weighted by Gasteiger charge is 2.13. The maximum Gasteiger partial charge on any atom is 0.252 e. The quantitative estimate of drug-likeness (QED) is 0.708. The van der Waals surface area contributed by atoms with E-state index in [1.165, 1.54) is 29.5 Å². The van der Waals surface area contributed by atoms with E-state index < -0.39 is 5.82 Å². The summed E-state index contributed by atoms with van der Waals surface area (Å²) in [4.78, 5) is 4.17. The lowest BCUT2D eigenvalue weighted by atomic mass is 10.2. The van der Waals surface area contributed by atoms with Crippen LogP contribution in [0, 0.1) is 12.7 Å². The highest BCUT2D eigenvalue weighted by atomic mass is 35.5. The summed E-state index contributed by atoms with van der Waals surface area (Å²) in [5, 5.41) is 13.5. The van der Waals surface area contributed by atoms with Crippen LogP contribution >= 0.6 is 22.9 Å². The van der Waals surface area contributed by atoms with E-state index >= 15 is 0 Å². The SMILES string of the molecule is Cc1nnc(COCc2nc(-c3ccc(F)cc3Cl)no2)s1. The average molecular weight is 341 g/mol. The molecular weight excluding hydrogens is 331 g/mol. The van der Waals surface area contributed by atoms with Gasteiger partial charge in [0.05, 0.1) is 5.02 Å². The molecule has 22 heavy (non-hydrogen) atoms. The first-order valence-corrected chi connectivity index (χ1v) is 7.46. The van der Waals surface area contributed by atoms with Gasteiger partial charge in [-0.25, -0.2) is 4.39 Å². The van der Waals surface area contributed by atoms with E-state index in [-0.39, 0.29) is 17.5 Å². The number of halogens is 2. The number of rotatable bonds is 5. The summed E-state index contributed by atoms with van der Waals surface area (Å²) in [5.74, 6) is 0.167. The lowest BCUT2D eigenvalue weighted by molar-refractivity contribution is 0.0845. The lowest BCUT2D eigenvalue weighted by Crippen LogP contribution is -1.94. The number of benzene rings is 1. The second kappa shape index (κ2) is 6.47. The summed E-state index contributed by atoms with van der Waals surface area (Å²) in [5.41, 5.74) is 0.498. The zero-order valence-corrected chi connectivity index (χ0v) is 13.0. The van der Waals surface area contributed by atoms with E-state index in [0.717, 1.165) is 10.0 Å². The molecule has 0 N–H and O–H groups in total. The van der Waals surface area contributed by atoms with E-state index in [0.29, 0.717) is 18.1 Å². The molecule has 0 bridgehead atoms. The van der Waals surface area contributed by atoms with Crippen LogP contribution in [0.2, 0.25) is 5.02 Å². The van der Waals surface area contributed by atoms with Crippen molar-refractivity contribution in [3.63, 3.8) is 0 Å². The van der Waals surface area contributed by atoms with Crippen LogP contribution in [-0.4, -0.2) is 20.3 Å². The number of aromatic nitrogens is 4. The van der Waals surface area contributed by atoms with Gasteiger partial charge in [0, 0.05) is 5.56 Å². The fraction of sp³-hybridized carbons (Fsp3) is 0.231. The third kappa shape index (κ3) is 3.46. The highest BCUT2D eigenvalue weighted by Crippen LogP contribution is 2.26. The summed E-state index contributed by atoms with van der Waals surface area (Å²) >= 11 is 7.41. The largest absolute Gasteiger partial charge is 0.364 e. The van der Waals surface area contributed by atoms with Crippen LogP contribution in [0.4, 0.5) is 4.39 Å². The van der Waals surface area contributed by atoms with Gasteiger partial charge < -0.3 is 9.26 Å². The summed E-state index contributed by atoms with van der Waals surface area (Å²) in [6.45, 7) is 2.34. The van der Waals surface area contributed by atoms with E-state index in [9.17, 15) is 4.39 Å². The molecule has 3 aromatic rings. The highest BCUT2D eigenvalue weighted by molar-refractivity contribution is 7.11. The third-order valence-electron chi connectivity index (χ3n) is 2.66. The molecule has 0 amide bonds. The van der Waals surface area contributed by atoms with Crippen LogP contribution in [0.5, 0.6) is 0 Å². The number of hydrogen-bond acceptors (Lipinski definition) is 7. The molecule has 9 heteroatoms. The minimum atomic E-state index is -0.423. The molecule has 0 radical (unpaired) electrons. The van der Waals surface area contributed by atoms with Crippen LogP contribution in [0.3, 0.4) is 0 Å². The number of aryl methyl sites for hydroxylation is 1. The molecular formula is C13H10ClFN4O2S. The Hall–Kier alpha value is -1.90. The Morgan fingerprint density at radius 1 is 1.32 bits per heavy atom. The van der Waals surface area contributed by atoms with Gasteiger partial charge in [-0.2, -0.15) is 4.98 Å². The Morgan fingerprint density at radius 2 is 2.18 bits per heavy atom. The van der Waals surface area contributed by atoms with Gasteiger partial charge in [0.1, 0.15) is 29.0 Å². The van der Waals surface area contributed by atoms with Crippen molar-refractivity contribution in [3.05, 3.63) is 44.9 Å². The molecule has 0 aliphatic heterocycles. The Bertz CT molecular complexity index is 792. The van der Waals surface area contributed by atoms with Crippen LogP contribution < -0.4 is 0 Å². The van der Waals surface area contributed by atoms with Gasteiger partial charge in [-0.1, -0.05) is 28.1 Å². The van der Waals surface area contributed by atoms with Crippen molar-refractivity contribution >= 4 is 22.9 Å². The van der Waals surface area contributed by atoms with Crippen LogP contribution in [0.1, 0.15) is 15.9 Å². The number of ether oxygens (including phenoxy) is 1. The van der Waals surface area contributed by atoms with Crippen LogP contribution in [0.15, 0.2) is 22.7 Å². The van der Waals surface area contributed by atoms with E-state index in [1.807, 2.05) is 6.92 Å². The summed E-state index contributed by atoms with van der Waals surface area (Å²) in [7, 11) is 0. The van der Waals surface area contributed by atoms with Crippen LogP contribution in [0.25, 0.3) is 11.4 Å². The van der Waals surface area contributed by atoms with Gasteiger partial charge >= 0.3 is 0 Å². The molecule has 2 heterocycles. The molecule has 0 fully saturated rings. The second-order valence-corrected chi connectivity index (χ2v) is 6.02. The second-order valence-electron chi connectivity index (χ2n) is 4.34. The van der Waals surface area contributed by atoms with Gasteiger partial charge in [-0.3, -0.25) is 0 Å². The Labute approximate surface area is 133 Å². The van der Waals surface area contributed by atoms with Gasteiger partial charge in [0.2, 0.25) is 5.82 Å². The van der Waals surface area contributed by atoms with Crippen molar-refractivity contribution in [3.8, 4) is 11.4 Å². The first kappa shape index (κ1) is 15.0. The van der Waals surface area contributed by atoms with Crippen molar-refractivity contribution < 1.29 is 13.7 Å². The first-order valence-electron chi connectivity index (χ1n) is 6.26. The molecule has 114 valence electrons. The first-order chi connectivity index (χ1) is 10.6. The monoisotopic (exact) mass is 340 g/mol. The molecule has 6 nitrogen and oxygen atoms in total. The molecule has 2 aromatic heterocycles. The molecule has 3 rings (SSSR count). The number of hydrogen-bond donors (Lipinski definition) is 0. The maximum absolute atomic E-state index is 13.0. The molecule has 0 saturated carbocycles. The van der Waals surface area contributed by atoms with Gasteiger partial charge in [0.15, 0.2) is 0 Å². The average Bonchev–Trinajstić information content (AvgIpc) is 3.08. The molecule has 0 unspecified atom stereocenters. The fourth-order valence-electron chi connectivity index (χ4n) is 1.72. The maximum atomic E-state index is 13.0. The number of nitrogens with zero attached hydrogens (tertiary/aromatic N) is 4. The Morgan fingerprint density at radius 3 is 2.91 bits per heavy atom. The van der Waals surface area contributed by atoms with Crippen molar-refractivity contribution in [2.24, 2.45) is 0 Å². The van der Waals surface area contributed by atoms with Gasteiger partial charge in [0.25, 0.3) is 5.89 Å².